The summed E-state index contributed by atoms with van der Waals surface area (Å²) in [6, 6.07) is 14.8. The molecule has 0 aliphatic carbocycles. The highest BCUT2D eigenvalue weighted by molar-refractivity contribution is 6.43. The van der Waals surface area contributed by atoms with E-state index in [1.54, 1.807) is 48.5 Å². The molecule has 0 aliphatic rings. The summed E-state index contributed by atoms with van der Waals surface area (Å²) in [6.07, 6.45) is 0. The lowest BCUT2D eigenvalue weighted by Crippen LogP contribution is -2.29. The number of methoxy groups -OCH3 is 1. The predicted molar refractivity (Wildman–Crippen MR) is 81.5 cm³/mol. The van der Waals surface area contributed by atoms with Gasteiger partial charge in [0, 0.05) is 11.4 Å². The summed E-state index contributed by atoms with van der Waals surface area (Å²) in [6.45, 7) is 0. The fraction of sp³-hybridized carbons (Fsp3) is 0.0625. The van der Waals surface area contributed by atoms with Gasteiger partial charge < -0.3 is 15.4 Å². The molecule has 2 aromatic rings. The van der Waals surface area contributed by atoms with E-state index in [1.165, 1.54) is 13.2 Å². The first kappa shape index (κ1) is 15.2. The molecule has 2 amide bonds. The predicted octanol–water partition coefficient (Wildman–Crippen LogP) is 2.05. The molecule has 6 heteroatoms. The molecule has 0 bridgehead atoms. The van der Waals surface area contributed by atoms with Crippen LogP contribution in [0.25, 0.3) is 0 Å². The van der Waals surface area contributed by atoms with E-state index < -0.39 is 17.8 Å². The molecule has 0 spiro atoms. The van der Waals surface area contributed by atoms with E-state index in [4.69, 9.17) is 0 Å². The number of anilines is 2. The molecule has 0 aromatic heterocycles. The van der Waals surface area contributed by atoms with Gasteiger partial charge in [0.05, 0.1) is 12.7 Å². The highest BCUT2D eigenvalue weighted by atomic mass is 16.5. The smallest absolute Gasteiger partial charge is 0.337 e. The van der Waals surface area contributed by atoms with Crippen molar-refractivity contribution in [2.45, 2.75) is 0 Å². The van der Waals surface area contributed by atoms with E-state index in [0.29, 0.717) is 11.4 Å². The fourth-order valence-corrected chi connectivity index (χ4v) is 1.74. The van der Waals surface area contributed by atoms with Gasteiger partial charge in [0.2, 0.25) is 0 Å². The van der Waals surface area contributed by atoms with Crippen molar-refractivity contribution in [2.24, 2.45) is 0 Å². The van der Waals surface area contributed by atoms with Crippen molar-refractivity contribution in [1.82, 2.24) is 0 Å². The molecule has 0 heterocycles. The quantitative estimate of drug-likeness (QED) is 0.671. The van der Waals surface area contributed by atoms with Gasteiger partial charge in [0.1, 0.15) is 0 Å². The average molecular weight is 298 g/mol. The second-order valence-corrected chi connectivity index (χ2v) is 4.35. The maximum absolute atomic E-state index is 11.8. The number of para-hydroxylation sites is 1. The molecule has 2 aromatic carbocycles. The van der Waals surface area contributed by atoms with Crippen LogP contribution >= 0.6 is 0 Å². The molecule has 0 radical (unpaired) electrons. The Morgan fingerprint density at radius 3 is 2.05 bits per heavy atom. The van der Waals surface area contributed by atoms with E-state index in [1.807, 2.05) is 0 Å². The molecule has 22 heavy (non-hydrogen) atoms. The van der Waals surface area contributed by atoms with Crippen LogP contribution in [0.2, 0.25) is 0 Å². The van der Waals surface area contributed by atoms with Gasteiger partial charge >= 0.3 is 17.8 Å². The molecule has 2 rings (SSSR count). The molecule has 0 atom stereocenters. The first-order valence-electron chi connectivity index (χ1n) is 6.46. The van der Waals surface area contributed by atoms with Crippen LogP contribution in [0.3, 0.4) is 0 Å². The van der Waals surface area contributed by atoms with Gasteiger partial charge in [-0.05, 0) is 30.3 Å². The number of hydrogen-bond acceptors (Lipinski definition) is 4. The van der Waals surface area contributed by atoms with Crippen LogP contribution < -0.4 is 10.6 Å². The minimum Gasteiger partial charge on any atom is -0.465 e. The number of benzene rings is 2. The Hall–Kier alpha value is -3.15. The van der Waals surface area contributed by atoms with Gasteiger partial charge in [-0.1, -0.05) is 24.3 Å². The number of rotatable bonds is 3. The van der Waals surface area contributed by atoms with E-state index in [9.17, 15) is 14.4 Å². The molecule has 0 saturated carbocycles. The van der Waals surface area contributed by atoms with Crippen molar-refractivity contribution in [3.63, 3.8) is 0 Å². The van der Waals surface area contributed by atoms with E-state index in [2.05, 4.69) is 15.4 Å². The Kier molecular flexibility index (Phi) is 4.87. The lowest BCUT2D eigenvalue weighted by atomic mass is 10.2. The van der Waals surface area contributed by atoms with Crippen molar-refractivity contribution >= 4 is 29.2 Å². The molecular formula is C16H14N2O4. The third kappa shape index (κ3) is 3.92. The van der Waals surface area contributed by atoms with Crippen molar-refractivity contribution in [3.05, 3.63) is 60.2 Å². The lowest BCUT2D eigenvalue weighted by Gasteiger charge is -2.07. The zero-order chi connectivity index (χ0) is 15.9. The summed E-state index contributed by atoms with van der Waals surface area (Å²) in [4.78, 5) is 35.0. The zero-order valence-electron chi connectivity index (χ0n) is 11.8. The Labute approximate surface area is 127 Å². The van der Waals surface area contributed by atoms with Crippen molar-refractivity contribution in [1.29, 1.82) is 0 Å². The summed E-state index contributed by atoms with van der Waals surface area (Å²) in [5, 5.41) is 4.89. The van der Waals surface area contributed by atoms with Gasteiger partial charge in [-0.3, -0.25) is 9.59 Å². The molecule has 112 valence electrons. The first-order valence-corrected chi connectivity index (χ1v) is 6.46. The second kappa shape index (κ2) is 7.03. The number of nitrogens with one attached hydrogen (secondary N) is 2. The van der Waals surface area contributed by atoms with Gasteiger partial charge in [0.25, 0.3) is 0 Å². The lowest BCUT2D eigenvalue weighted by molar-refractivity contribution is -0.132. The Morgan fingerprint density at radius 1 is 0.818 bits per heavy atom. The molecule has 0 unspecified atom stereocenters. The van der Waals surface area contributed by atoms with Crippen molar-refractivity contribution in [3.8, 4) is 0 Å². The van der Waals surface area contributed by atoms with Crippen molar-refractivity contribution < 1.29 is 19.1 Å². The normalized spacial score (nSPS) is 9.68. The van der Waals surface area contributed by atoms with Gasteiger partial charge in [-0.2, -0.15) is 0 Å². The number of carbonyl (C=O) groups is 3. The zero-order valence-corrected chi connectivity index (χ0v) is 11.8. The van der Waals surface area contributed by atoms with E-state index in [0.717, 1.165) is 0 Å². The Bertz CT molecular complexity index is 698. The van der Waals surface area contributed by atoms with Crippen LogP contribution in [0.1, 0.15) is 10.4 Å². The van der Waals surface area contributed by atoms with E-state index in [-0.39, 0.29) is 5.56 Å². The largest absolute Gasteiger partial charge is 0.465 e. The maximum atomic E-state index is 11.8. The van der Waals surface area contributed by atoms with Crippen LogP contribution in [0.5, 0.6) is 0 Å². The highest BCUT2D eigenvalue weighted by Gasteiger charge is 2.14. The molecule has 2 N–H and O–H groups in total. The standard InChI is InChI=1S/C16H14N2O4/c1-22-16(21)11-6-5-9-13(10-11)18-15(20)14(19)17-12-7-3-2-4-8-12/h2-10H,1H3,(H,17,19)(H,18,20). The van der Waals surface area contributed by atoms with Crippen LogP contribution in [0, 0.1) is 0 Å². The highest BCUT2D eigenvalue weighted by Crippen LogP contribution is 2.12. The SMILES string of the molecule is COC(=O)c1cccc(NC(=O)C(=O)Nc2ccccc2)c1. The third-order valence-electron chi connectivity index (χ3n) is 2.78. The van der Waals surface area contributed by atoms with Gasteiger partial charge in [-0.25, -0.2) is 4.79 Å². The minimum absolute atomic E-state index is 0.281. The number of esters is 1. The minimum atomic E-state index is -0.828. The van der Waals surface area contributed by atoms with Crippen LogP contribution in [-0.2, 0) is 14.3 Å². The number of ether oxygens (including phenoxy) is 1. The molecule has 6 nitrogen and oxygen atoms in total. The Morgan fingerprint density at radius 2 is 1.41 bits per heavy atom. The first-order chi connectivity index (χ1) is 10.6. The maximum Gasteiger partial charge on any atom is 0.337 e. The Balaban J connectivity index is 2.02. The molecule has 0 aliphatic heterocycles. The number of amides is 2. The number of carbonyl (C=O) groups excluding carboxylic acids is 3. The van der Waals surface area contributed by atoms with Gasteiger partial charge in [-0.15, -0.1) is 0 Å². The van der Waals surface area contributed by atoms with Crippen LogP contribution in [0.4, 0.5) is 11.4 Å². The number of hydrogen-bond donors (Lipinski definition) is 2. The molecule has 0 fully saturated rings. The van der Waals surface area contributed by atoms with E-state index >= 15 is 0 Å². The van der Waals surface area contributed by atoms with Crippen molar-refractivity contribution in [2.75, 3.05) is 17.7 Å². The molecule has 0 saturated heterocycles. The van der Waals surface area contributed by atoms with Crippen LogP contribution in [0.15, 0.2) is 54.6 Å². The summed E-state index contributed by atoms with van der Waals surface area (Å²) >= 11 is 0. The average Bonchev–Trinajstić information content (AvgIpc) is 2.55. The summed E-state index contributed by atoms with van der Waals surface area (Å²) in [7, 11) is 1.26. The van der Waals surface area contributed by atoms with Gasteiger partial charge in [0.15, 0.2) is 0 Å². The monoisotopic (exact) mass is 298 g/mol. The third-order valence-corrected chi connectivity index (χ3v) is 2.78. The summed E-state index contributed by atoms with van der Waals surface area (Å²) in [5.41, 5.74) is 1.13. The topological polar surface area (TPSA) is 84.5 Å². The fourth-order valence-electron chi connectivity index (χ4n) is 1.74. The summed E-state index contributed by atoms with van der Waals surface area (Å²) < 4.78 is 4.59. The second-order valence-electron chi connectivity index (χ2n) is 4.35. The molecular weight excluding hydrogens is 284 g/mol. The van der Waals surface area contributed by atoms with Crippen LogP contribution in [-0.4, -0.2) is 24.9 Å². The summed E-state index contributed by atoms with van der Waals surface area (Å²) in [5.74, 6) is -2.15.